The fourth-order valence-electron chi connectivity index (χ4n) is 2.69. The number of rotatable bonds is 3. The van der Waals surface area contributed by atoms with E-state index < -0.39 is 22.3 Å². The van der Waals surface area contributed by atoms with E-state index in [1.165, 1.54) is 28.4 Å². The molecule has 0 spiro atoms. The van der Waals surface area contributed by atoms with Crippen molar-refractivity contribution in [1.82, 2.24) is 9.80 Å². The van der Waals surface area contributed by atoms with Gasteiger partial charge in [0.15, 0.2) is 0 Å². The molecular weight excluding hydrogens is 346 g/mol. The van der Waals surface area contributed by atoms with Gasteiger partial charge in [-0.2, -0.15) is 0 Å². The van der Waals surface area contributed by atoms with E-state index in [0.717, 1.165) is 6.07 Å². The van der Waals surface area contributed by atoms with Gasteiger partial charge in [-0.1, -0.05) is 12.1 Å². The molecule has 0 unspecified atom stereocenters. The number of aromatic hydroxyl groups is 1. The van der Waals surface area contributed by atoms with Gasteiger partial charge in [0.1, 0.15) is 0 Å². The van der Waals surface area contributed by atoms with Crippen molar-refractivity contribution < 1.29 is 19.6 Å². The van der Waals surface area contributed by atoms with E-state index in [0.29, 0.717) is 31.1 Å². The van der Waals surface area contributed by atoms with Crippen molar-refractivity contribution in [2.24, 2.45) is 0 Å². The van der Waals surface area contributed by atoms with Gasteiger partial charge in [0.25, 0.3) is 11.8 Å². The van der Waals surface area contributed by atoms with Crippen LogP contribution in [0, 0.1) is 10.1 Å². The summed E-state index contributed by atoms with van der Waals surface area (Å²) in [5.41, 5.74) is -0.607. The van der Waals surface area contributed by atoms with Crippen molar-refractivity contribution in [1.29, 1.82) is 0 Å². The first-order chi connectivity index (χ1) is 12.0. The molecule has 1 fully saturated rings. The number of amides is 2. The molecule has 0 saturated carbocycles. The zero-order valence-corrected chi connectivity index (χ0v) is 13.9. The Morgan fingerprint density at radius 1 is 1.04 bits per heavy atom. The molecule has 2 amide bonds. The predicted octanol–water partition coefficient (Wildman–Crippen LogP) is 1.96. The van der Waals surface area contributed by atoms with Crippen LogP contribution in [0.25, 0.3) is 0 Å². The molecule has 1 aliphatic rings. The molecule has 2 heterocycles. The molecule has 2 aromatic rings. The summed E-state index contributed by atoms with van der Waals surface area (Å²) in [5, 5.41) is 22.7. The zero-order chi connectivity index (χ0) is 18.0. The molecule has 1 aromatic heterocycles. The van der Waals surface area contributed by atoms with Gasteiger partial charge in [-0.3, -0.25) is 19.7 Å². The Morgan fingerprint density at radius 3 is 2.24 bits per heavy atom. The summed E-state index contributed by atoms with van der Waals surface area (Å²) in [6, 6.07) is 7.42. The molecule has 8 nitrogen and oxygen atoms in total. The number of phenolic OH excluding ortho intramolecular Hbond substituents is 1. The Balaban J connectivity index is 1.69. The summed E-state index contributed by atoms with van der Waals surface area (Å²) >= 11 is 1.37. The Kier molecular flexibility index (Phi) is 4.66. The van der Waals surface area contributed by atoms with Crippen LogP contribution < -0.4 is 0 Å². The highest BCUT2D eigenvalue weighted by Crippen LogP contribution is 2.30. The molecule has 0 aliphatic carbocycles. The molecule has 1 aliphatic heterocycles. The summed E-state index contributed by atoms with van der Waals surface area (Å²) in [7, 11) is 0. The van der Waals surface area contributed by atoms with Crippen molar-refractivity contribution in [3.05, 3.63) is 56.3 Å². The van der Waals surface area contributed by atoms with E-state index in [-0.39, 0.29) is 11.5 Å². The average molecular weight is 361 g/mol. The topological polar surface area (TPSA) is 104 Å². The van der Waals surface area contributed by atoms with Crippen LogP contribution in [0.4, 0.5) is 5.69 Å². The van der Waals surface area contributed by atoms with Crippen LogP contribution in [0.2, 0.25) is 0 Å². The molecule has 130 valence electrons. The number of phenols is 1. The van der Waals surface area contributed by atoms with Gasteiger partial charge < -0.3 is 14.9 Å². The smallest absolute Gasteiger partial charge is 0.311 e. The molecule has 1 N–H and O–H groups in total. The van der Waals surface area contributed by atoms with Gasteiger partial charge in [-0.05, 0) is 17.5 Å². The minimum Gasteiger partial charge on any atom is -0.502 e. The van der Waals surface area contributed by atoms with E-state index in [2.05, 4.69) is 0 Å². The summed E-state index contributed by atoms with van der Waals surface area (Å²) in [4.78, 5) is 38.8. The highest BCUT2D eigenvalue weighted by molar-refractivity contribution is 7.12. The molecule has 1 aromatic carbocycles. The summed E-state index contributed by atoms with van der Waals surface area (Å²) in [6.07, 6.45) is 0. The number of hydrogen-bond acceptors (Lipinski definition) is 6. The quantitative estimate of drug-likeness (QED) is 0.665. The molecule has 3 rings (SSSR count). The van der Waals surface area contributed by atoms with Crippen LogP contribution in [0.3, 0.4) is 0 Å². The minimum atomic E-state index is -0.732. The number of thiophene rings is 1. The Hall–Kier alpha value is -2.94. The largest absolute Gasteiger partial charge is 0.502 e. The normalized spacial score (nSPS) is 14.4. The van der Waals surface area contributed by atoms with Gasteiger partial charge in [-0.25, -0.2) is 0 Å². The lowest BCUT2D eigenvalue weighted by Gasteiger charge is -2.34. The lowest BCUT2D eigenvalue weighted by atomic mass is 10.1. The number of nitrogens with zero attached hydrogens (tertiary/aromatic N) is 3. The molecule has 25 heavy (non-hydrogen) atoms. The third kappa shape index (κ3) is 3.31. The predicted molar refractivity (Wildman–Crippen MR) is 90.9 cm³/mol. The molecule has 1 saturated heterocycles. The first kappa shape index (κ1) is 16.9. The third-order valence-corrected chi connectivity index (χ3v) is 4.89. The maximum Gasteiger partial charge on any atom is 0.311 e. The van der Waals surface area contributed by atoms with Crippen LogP contribution in [0.15, 0.2) is 35.7 Å². The zero-order valence-electron chi connectivity index (χ0n) is 13.1. The standard InChI is InChI=1S/C16H15N3O5S/c20-14-11(3-1-4-12(14)19(23)24)15(21)17-6-8-18(9-7-17)16(22)13-5-2-10-25-13/h1-5,10,20H,6-9H2. The summed E-state index contributed by atoms with van der Waals surface area (Å²) < 4.78 is 0. The fraction of sp³-hybridized carbons (Fsp3) is 0.250. The average Bonchev–Trinajstić information content (AvgIpc) is 3.15. The lowest BCUT2D eigenvalue weighted by molar-refractivity contribution is -0.385. The molecular formula is C16H15N3O5S. The van der Waals surface area contributed by atoms with Crippen LogP contribution in [0.1, 0.15) is 20.0 Å². The maximum absolute atomic E-state index is 12.5. The number of para-hydroxylation sites is 1. The van der Waals surface area contributed by atoms with Crippen molar-refractivity contribution >= 4 is 28.8 Å². The lowest BCUT2D eigenvalue weighted by Crippen LogP contribution is -2.50. The van der Waals surface area contributed by atoms with Crippen molar-refractivity contribution in [3.63, 3.8) is 0 Å². The summed E-state index contributed by atoms with van der Waals surface area (Å²) in [6.45, 7) is 1.35. The second-order valence-electron chi connectivity index (χ2n) is 5.49. The highest BCUT2D eigenvalue weighted by Gasteiger charge is 2.29. The number of benzene rings is 1. The van der Waals surface area contributed by atoms with Crippen LogP contribution >= 0.6 is 11.3 Å². The first-order valence-corrected chi connectivity index (χ1v) is 8.45. The highest BCUT2D eigenvalue weighted by atomic mass is 32.1. The Bertz CT molecular complexity index is 813. The SMILES string of the molecule is O=C(c1cccs1)N1CCN(C(=O)c2cccc([N+](=O)[O-])c2O)CC1. The molecule has 0 radical (unpaired) electrons. The van der Waals surface area contributed by atoms with Gasteiger partial charge in [0.05, 0.1) is 15.4 Å². The molecule has 0 atom stereocenters. The number of nitro groups is 1. The van der Waals surface area contributed by atoms with E-state index >= 15 is 0 Å². The first-order valence-electron chi connectivity index (χ1n) is 7.57. The Labute approximate surface area is 147 Å². The van der Waals surface area contributed by atoms with Crippen molar-refractivity contribution in [3.8, 4) is 5.75 Å². The van der Waals surface area contributed by atoms with Crippen LogP contribution in [0.5, 0.6) is 5.75 Å². The maximum atomic E-state index is 12.5. The van der Waals surface area contributed by atoms with Crippen LogP contribution in [-0.2, 0) is 0 Å². The monoisotopic (exact) mass is 361 g/mol. The number of hydrogen-bond donors (Lipinski definition) is 1. The minimum absolute atomic E-state index is 0.0692. The van der Waals surface area contributed by atoms with Gasteiger partial charge in [0, 0.05) is 32.2 Å². The summed E-state index contributed by atoms with van der Waals surface area (Å²) in [5.74, 6) is -1.18. The molecule has 0 bridgehead atoms. The van der Waals surface area contributed by atoms with Crippen molar-refractivity contribution in [2.75, 3.05) is 26.2 Å². The Morgan fingerprint density at radius 2 is 1.68 bits per heavy atom. The number of carbonyl (C=O) groups excluding carboxylic acids is 2. The van der Waals surface area contributed by atoms with Gasteiger partial charge >= 0.3 is 5.69 Å². The van der Waals surface area contributed by atoms with Crippen molar-refractivity contribution in [2.45, 2.75) is 0 Å². The number of carbonyl (C=O) groups is 2. The second-order valence-corrected chi connectivity index (χ2v) is 6.44. The van der Waals surface area contributed by atoms with Crippen LogP contribution in [-0.4, -0.2) is 57.8 Å². The van der Waals surface area contributed by atoms with E-state index in [1.54, 1.807) is 11.0 Å². The third-order valence-electron chi connectivity index (χ3n) is 4.03. The van der Waals surface area contributed by atoms with E-state index in [1.807, 2.05) is 11.4 Å². The van der Waals surface area contributed by atoms with E-state index in [4.69, 9.17) is 0 Å². The fourth-order valence-corrected chi connectivity index (χ4v) is 3.38. The number of piperazine rings is 1. The van der Waals surface area contributed by atoms with Gasteiger partial charge in [0.2, 0.25) is 5.75 Å². The molecule has 9 heteroatoms. The number of nitro benzene ring substituents is 1. The van der Waals surface area contributed by atoms with E-state index in [9.17, 15) is 24.8 Å². The second kappa shape index (κ2) is 6.89. The van der Waals surface area contributed by atoms with Gasteiger partial charge in [-0.15, -0.1) is 11.3 Å².